The molecule has 0 aromatic heterocycles. The molecule has 0 bridgehead atoms. The minimum Gasteiger partial charge on any atom is -0.493 e. The second kappa shape index (κ2) is 5.25. The predicted octanol–water partition coefficient (Wildman–Crippen LogP) is 3.52. The molecule has 0 radical (unpaired) electrons. The molecule has 2 N–H and O–H groups in total. The van der Waals surface area contributed by atoms with E-state index < -0.39 is 0 Å². The van der Waals surface area contributed by atoms with E-state index in [9.17, 15) is 0 Å². The molecular formula is C11H16BrNO. The second-order valence-corrected chi connectivity index (χ2v) is 4.20. The normalized spacial score (nSPS) is 10.2. The van der Waals surface area contributed by atoms with Crippen LogP contribution in [-0.2, 0) is 0 Å². The topological polar surface area (TPSA) is 35.2 Å². The van der Waals surface area contributed by atoms with Gasteiger partial charge in [-0.1, -0.05) is 13.3 Å². The van der Waals surface area contributed by atoms with Gasteiger partial charge >= 0.3 is 0 Å². The lowest BCUT2D eigenvalue weighted by molar-refractivity contribution is 0.307. The summed E-state index contributed by atoms with van der Waals surface area (Å²) in [5, 5.41) is 0. The number of ether oxygens (including phenoxy) is 1. The molecule has 0 heterocycles. The van der Waals surface area contributed by atoms with Crippen molar-refractivity contribution in [1.29, 1.82) is 0 Å². The van der Waals surface area contributed by atoms with Crippen LogP contribution in [0.5, 0.6) is 5.75 Å². The van der Waals surface area contributed by atoms with Crippen LogP contribution in [-0.4, -0.2) is 6.61 Å². The Balaban J connectivity index is 2.72. The van der Waals surface area contributed by atoms with E-state index in [0.29, 0.717) is 0 Å². The molecule has 1 rings (SSSR count). The van der Waals surface area contributed by atoms with Gasteiger partial charge < -0.3 is 10.5 Å². The van der Waals surface area contributed by atoms with Gasteiger partial charge in [0.05, 0.1) is 6.61 Å². The fourth-order valence-electron chi connectivity index (χ4n) is 1.15. The first-order valence-corrected chi connectivity index (χ1v) is 5.63. The number of rotatable bonds is 4. The Morgan fingerprint density at radius 2 is 2.14 bits per heavy atom. The Hall–Kier alpha value is -0.700. The number of nitrogen functional groups attached to an aromatic ring is 1. The minimum absolute atomic E-state index is 0.724. The van der Waals surface area contributed by atoms with Crippen LogP contribution in [0.25, 0.3) is 0 Å². The van der Waals surface area contributed by atoms with E-state index in [4.69, 9.17) is 10.5 Å². The van der Waals surface area contributed by atoms with Gasteiger partial charge in [0.2, 0.25) is 0 Å². The summed E-state index contributed by atoms with van der Waals surface area (Å²) in [6.07, 6.45) is 2.22. The average molecular weight is 258 g/mol. The van der Waals surface area contributed by atoms with Gasteiger partial charge in [-0.05, 0) is 40.9 Å². The smallest absolute Gasteiger partial charge is 0.124 e. The molecule has 0 unspecified atom stereocenters. The summed E-state index contributed by atoms with van der Waals surface area (Å²) in [6.45, 7) is 4.93. The van der Waals surface area contributed by atoms with Crippen LogP contribution >= 0.6 is 15.9 Å². The van der Waals surface area contributed by atoms with Gasteiger partial charge in [-0.3, -0.25) is 0 Å². The molecule has 0 aliphatic heterocycles. The van der Waals surface area contributed by atoms with E-state index in [0.717, 1.165) is 40.9 Å². The standard InChI is InChI=1S/C11H16BrNO/c1-3-4-5-14-11-7-10(13)9(12)6-8(11)2/h6-7H,3-5,13H2,1-2H3. The first kappa shape index (κ1) is 11.4. The first-order valence-electron chi connectivity index (χ1n) is 4.83. The fraction of sp³-hybridized carbons (Fsp3) is 0.455. The molecule has 14 heavy (non-hydrogen) atoms. The molecule has 1 aromatic rings. The molecular weight excluding hydrogens is 242 g/mol. The zero-order chi connectivity index (χ0) is 10.6. The van der Waals surface area contributed by atoms with Gasteiger partial charge in [0.25, 0.3) is 0 Å². The zero-order valence-electron chi connectivity index (χ0n) is 8.64. The molecule has 0 spiro atoms. The Morgan fingerprint density at radius 3 is 2.79 bits per heavy atom. The van der Waals surface area contributed by atoms with Crippen LogP contribution < -0.4 is 10.5 Å². The molecule has 78 valence electrons. The quantitative estimate of drug-likeness (QED) is 0.662. The lowest BCUT2D eigenvalue weighted by atomic mass is 10.2. The molecule has 3 heteroatoms. The van der Waals surface area contributed by atoms with E-state index in [2.05, 4.69) is 22.9 Å². The number of aryl methyl sites for hydroxylation is 1. The summed E-state index contributed by atoms with van der Waals surface area (Å²) in [6, 6.07) is 3.85. The molecule has 2 nitrogen and oxygen atoms in total. The average Bonchev–Trinajstić information content (AvgIpc) is 2.14. The first-order chi connectivity index (χ1) is 6.65. The van der Waals surface area contributed by atoms with Gasteiger partial charge in [-0.25, -0.2) is 0 Å². The third-order valence-electron chi connectivity index (χ3n) is 2.05. The summed E-state index contributed by atoms with van der Waals surface area (Å²) < 4.78 is 6.54. The van der Waals surface area contributed by atoms with Crippen molar-refractivity contribution in [3.8, 4) is 5.75 Å². The van der Waals surface area contributed by atoms with Crippen molar-refractivity contribution in [1.82, 2.24) is 0 Å². The molecule has 0 amide bonds. The van der Waals surface area contributed by atoms with Crippen LogP contribution in [0, 0.1) is 6.92 Å². The van der Waals surface area contributed by atoms with Crippen LogP contribution in [0.15, 0.2) is 16.6 Å². The van der Waals surface area contributed by atoms with E-state index in [1.54, 1.807) is 0 Å². The minimum atomic E-state index is 0.724. The van der Waals surface area contributed by atoms with E-state index >= 15 is 0 Å². The highest BCUT2D eigenvalue weighted by Crippen LogP contribution is 2.28. The molecule has 0 atom stereocenters. The second-order valence-electron chi connectivity index (χ2n) is 3.34. The van der Waals surface area contributed by atoms with Crippen molar-refractivity contribution in [3.63, 3.8) is 0 Å². The molecule has 0 aliphatic carbocycles. The highest BCUT2D eigenvalue weighted by atomic mass is 79.9. The molecule has 0 saturated carbocycles. The van der Waals surface area contributed by atoms with Crippen LogP contribution in [0.2, 0.25) is 0 Å². The van der Waals surface area contributed by atoms with Gasteiger partial charge in [-0.2, -0.15) is 0 Å². The Morgan fingerprint density at radius 1 is 1.43 bits per heavy atom. The van der Waals surface area contributed by atoms with Crippen molar-refractivity contribution in [2.75, 3.05) is 12.3 Å². The summed E-state index contributed by atoms with van der Waals surface area (Å²) >= 11 is 3.38. The number of hydrogen-bond donors (Lipinski definition) is 1. The summed E-state index contributed by atoms with van der Waals surface area (Å²) in [7, 11) is 0. The zero-order valence-corrected chi connectivity index (χ0v) is 10.2. The molecule has 0 fully saturated rings. The SMILES string of the molecule is CCCCOc1cc(N)c(Br)cc1C. The summed E-state index contributed by atoms with van der Waals surface area (Å²) in [5.74, 6) is 0.888. The summed E-state index contributed by atoms with van der Waals surface area (Å²) in [5.41, 5.74) is 7.60. The van der Waals surface area contributed by atoms with E-state index in [1.807, 2.05) is 19.1 Å². The van der Waals surface area contributed by atoms with Crippen molar-refractivity contribution in [3.05, 3.63) is 22.2 Å². The highest BCUT2D eigenvalue weighted by molar-refractivity contribution is 9.10. The molecule has 0 aliphatic rings. The number of halogens is 1. The van der Waals surface area contributed by atoms with Crippen LogP contribution in [0.4, 0.5) is 5.69 Å². The predicted molar refractivity (Wildman–Crippen MR) is 63.7 cm³/mol. The number of anilines is 1. The lowest BCUT2D eigenvalue weighted by Gasteiger charge is -2.10. The third kappa shape index (κ3) is 2.91. The Kier molecular flexibility index (Phi) is 4.26. The maximum Gasteiger partial charge on any atom is 0.124 e. The van der Waals surface area contributed by atoms with Crippen LogP contribution in [0.3, 0.4) is 0 Å². The maximum atomic E-state index is 5.77. The van der Waals surface area contributed by atoms with Gasteiger partial charge in [0, 0.05) is 16.2 Å². The van der Waals surface area contributed by atoms with E-state index in [-0.39, 0.29) is 0 Å². The third-order valence-corrected chi connectivity index (χ3v) is 2.74. The number of benzene rings is 1. The molecule has 1 aromatic carbocycles. The molecule has 0 saturated heterocycles. The number of nitrogens with two attached hydrogens (primary N) is 1. The van der Waals surface area contributed by atoms with Crippen molar-refractivity contribution < 1.29 is 4.74 Å². The van der Waals surface area contributed by atoms with Gasteiger partial charge in [0.1, 0.15) is 5.75 Å². The maximum absolute atomic E-state index is 5.77. The van der Waals surface area contributed by atoms with E-state index in [1.165, 1.54) is 0 Å². The summed E-state index contributed by atoms with van der Waals surface area (Å²) in [4.78, 5) is 0. The monoisotopic (exact) mass is 257 g/mol. The Labute approximate surface area is 93.6 Å². The van der Waals surface area contributed by atoms with Gasteiger partial charge in [-0.15, -0.1) is 0 Å². The highest BCUT2D eigenvalue weighted by Gasteiger charge is 2.03. The lowest BCUT2D eigenvalue weighted by Crippen LogP contribution is -1.99. The van der Waals surface area contributed by atoms with Crippen LogP contribution in [0.1, 0.15) is 25.3 Å². The van der Waals surface area contributed by atoms with Crippen molar-refractivity contribution in [2.45, 2.75) is 26.7 Å². The fourth-order valence-corrected chi connectivity index (χ4v) is 1.61. The Bertz CT molecular complexity index is 312. The number of hydrogen-bond acceptors (Lipinski definition) is 2. The number of unbranched alkanes of at least 4 members (excludes halogenated alkanes) is 1. The van der Waals surface area contributed by atoms with Crippen molar-refractivity contribution >= 4 is 21.6 Å². The van der Waals surface area contributed by atoms with Gasteiger partial charge in [0.15, 0.2) is 0 Å². The largest absolute Gasteiger partial charge is 0.493 e. The van der Waals surface area contributed by atoms with Crippen molar-refractivity contribution in [2.24, 2.45) is 0 Å².